The smallest absolute Gasteiger partial charge is 0.328 e. The summed E-state index contributed by atoms with van der Waals surface area (Å²) in [7, 11) is 1.89. The van der Waals surface area contributed by atoms with Crippen molar-refractivity contribution in [3.63, 3.8) is 0 Å². The molecule has 3 rings (SSSR count). The summed E-state index contributed by atoms with van der Waals surface area (Å²) in [6.45, 7) is 2.70. The monoisotopic (exact) mass is 388 g/mol. The second-order valence-corrected chi connectivity index (χ2v) is 7.31. The minimum atomic E-state index is -0.467. The van der Waals surface area contributed by atoms with E-state index in [1.807, 2.05) is 41.9 Å². The van der Waals surface area contributed by atoms with Crippen LogP contribution in [0.1, 0.15) is 26.2 Å². The molecule has 144 valence electrons. The maximum absolute atomic E-state index is 12.7. The summed E-state index contributed by atoms with van der Waals surface area (Å²) >= 11 is 1.34. The van der Waals surface area contributed by atoms with Crippen LogP contribution in [0.4, 0.5) is 0 Å². The molecule has 0 radical (unpaired) electrons. The Labute approximate surface area is 163 Å². The van der Waals surface area contributed by atoms with Crippen molar-refractivity contribution in [3.05, 3.63) is 30.3 Å². The fraction of sp³-hybridized carbons (Fsp3) is 0.474. The first kappa shape index (κ1) is 19.4. The minimum Gasteiger partial charge on any atom is -0.464 e. The highest BCUT2D eigenvalue weighted by Crippen LogP contribution is 2.24. The Hall–Kier alpha value is -2.35. The van der Waals surface area contributed by atoms with Gasteiger partial charge in [-0.25, -0.2) is 4.79 Å². The molecule has 0 saturated carbocycles. The fourth-order valence-corrected chi connectivity index (χ4v) is 4.00. The molecule has 7 nitrogen and oxygen atoms in total. The molecule has 1 aliphatic heterocycles. The molecule has 1 aromatic carbocycles. The molecule has 0 aliphatic carbocycles. The van der Waals surface area contributed by atoms with Crippen LogP contribution >= 0.6 is 11.8 Å². The standard InChI is InChI=1S/C19H24N4O3S/c1-3-26-18(25)15-11-7-8-12-23(15)16(24)13-27-19-21-20-17(22(19)2)14-9-5-4-6-10-14/h4-6,9-10,15H,3,7-8,11-13H2,1-2H3/t15-/m1/s1. The molecule has 1 amide bonds. The molecule has 2 heterocycles. The third-order valence-electron chi connectivity index (χ3n) is 4.57. The average molecular weight is 388 g/mol. The van der Waals surface area contributed by atoms with Crippen LogP contribution in [-0.2, 0) is 21.4 Å². The van der Waals surface area contributed by atoms with Gasteiger partial charge in [-0.05, 0) is 26.2 Å². The Morgan fingerprint density at radius 1 is 1.22 bits per heavy atom. The number of esters is 1. The van der Waals surface area contributed by atoms with Gasteiger partial charge in [0.05, 0.1) is 12.4 Å². The van der Waals surface area contributed by atoms with Gasteiger partial charge in [0.1, 0.15) is 6.04 Å². The number of benzene rings is 1. The van der Waals surface area contributed by atoms with Gasteiger partial charge in [0, 0.05) is 19.2 Å². The topological polar surface area (TPSA) is 77.3 Å². The van der Waals surface area contributed by atoms with E-state index in [0.29, 0.717) is 24.7 Å². The van der Waals surface area contributed by atoms with Crippen molar-refractivity contribution in [2.45, 2.75) is 37.4 Å². The van der Waals surface area contributed by atoms with Gasteiger partial charge in [-0.2, -0.15) is 0 Å². The molecule has 27 heavy (non-hydrogen) atoms. The minimum absolute atomic E-state index is 0.0676. The van der Waals surface area contributed by atoms with Gasteiger partial charge in [-0.1, -0.05) is 42.1 Å². The highest BCUT2D eigenvalue weighted by molar-refractivity contribution is 7.99. The number of rotatable bonds is 6. The van der Waals surface area contributed by atoms with E-state index >= 15 is 0 Å². The molecular weight excluding hydrogens is 364 g/mol. The lowest BCUT2D eigenvalue weighted by molar-refractivity contribution is -0.155. The quantitative estimate of drug-likeness (QED) is 0.559. The first-order valence-corrected chi connectivity index (χ1v) is 10.1. The predicted octanol–water partition coefficient (Wildman–Crippen LogP) is 2.52. The molecule has 8 heteroatoms. The van der Waals surface area contributed by atoms with Crippen LogP contribution in [0.2, 0.25) is 0 Å². The second kappa shape index (κ2) is 9.03. The molecule has 0 unspecified atom stereocenters. The number of aromatic nitrogens is 3. The second-order valence-electron chi connectivity index (χ2n) is 6.37. The van der Waals surface area contributed by atoms with Gasteiger partial charge >= 0.3 is 5.97 Å². The van der Waals surface area contributed by atoms with E-state index in [1.165, 1.54) is 11.8 Å². The van der Waals surface area contributed by atoms with Crippen LogP contribution in [0.25, 0.3) is 11.4 Å². The molecule has 1 fully saturated rings. The zero-order valence-electron chi connectivity index (χ0n) is 15.6. The number of nitrogens with zero attached hydrogens (tertiary/aromatic N) is 4. The Morgan fingerprint density at radius 2 is 2.00 bits per heavy atom. The third kappa shape index (κ3) is 4.50. The maximum Gasteiger partial charge on any atom is 0.328 e. The Kier molecular flexibility index (Phi) is 6.49. The highest BCUT2D eigenvalue weighted by Gasteiger charge is 2.33. The summed E-state index contributed by atoms with van der Waals surface area (Å²) in [5, 5.41) is 9.12. The molecule has 1 aliphatic rings. The van der Waals surface area contributed by atoms with Gasteiger partial charge in [-0.3, -0.25) is 4.79 Å². The summed E-state index contributed by atoms with van der Waals surface area (Å²) in [5.41, 5.74) is 0.976. The first-order chi connectivity index (χ1) is 13.1. The number of thioether (sulfide) groups is 1. The van der Waals surface area contributed by atoms with Crippen molar-refractivity contribution in [3.8, 4) is 11.4 Å². The van der Waals surface area contributed by atoms with E-state index in [9.17, 15) is 9.59 Å². The van der Waals surface area contributed by atoms with Gasteiger partial charge in [0.2, 0.25) is 5.91 Å². The number of likely N-dealkylation sites (tertiary alicyclic amines) is 1. The summed E-state index contributed by atoms with van der Waals surface area (Å²) in [6.07, 6.45) is 2.51. The predicted molar refractivity (Wildman–Crippen MR) is 103 cm³/mol. The van der Waals surface area contributed by atoms with Crippen molar-refractivity contribution in [2.75, 3.05) is 18.9 Å². The van der Waals surface area contributed by atoms with Crippen LogP contribution in [0.15, 0.2) is 35.5 Å². The summed E-state index contributed by atoms with van der Waals surface area (Å²) in [5.74, 6) is 0.604. The van der Waals surface area contributed by atoms with E-state index in [1.54, 1.807) is 11.8 Å². The number of carbonyl (C=O) groups is 2. The number of hydrogen-bond acceptors (Lipinski definition) is 6. The van der Waals surface area contributed by atoms with Gasteiger partial charge < -0.3 is 14.2 Å². The Morgan fingerprint density at radius 3 is 2.74 bits per heavy atom. The zero-order chi connectivity index (χ0) is 19.2. The highest BCUT2D eigenvalue weighted by atomic mass is 32.2. The fourth-order valence-electron chi connectivity index (χ4n) is 3.20. The summed E-state index contributed by atoms with van der Waals surface area (Å²) in [6, 6.07) is 9.33. The van der Waals surface area contributed by atoms with Crippen LogP contribution < -0.4 is 0 Å². The van der Waals surface area contributed by atoms with E-state index in [-0.39, 0.29) is 17.6 Å². The molecular formula is C19H24N4O3S. The lowest BCUT2D eigenvalue weighted by atomic mass is 10.0. The molecule has 1 saturated heterocycles. The molecule has 0 bridgehead atoms. The van der Waals surface area contributed by atoms with E-state index < -0.39 is 6.04 Å². The van der Waals surface area contributed by atoms with Crippen LogP contribution in [0.5, 0.6) is 0 Å². The lowest BCUT2D eigenvalue weighted by Crippen LogP contribution is -2.49. The van der Waals surface area contributed by atoms with Crippen molar-refractivity contribution in [1.29, 1.82) is 0 Å². The normalized spacial score (nSPS) is 17.0. The van der Waals surface area contributed by atoms with Gasteiger partial charge in [-0.15, -0.1) is 10.2 Å². The first-order valence-electron chi connectivity index (χ1n) is 9.15. The Bertz CT molecular complexity index is 794. The number of ether oxygens (including phenoxy) is 1. The molecule has 0 N–H and O–H groups in total. The SMILES string of the molecule is CCOC(=O)[C@H]1CCCCN1C(=O)CSc1nnc(-c2ccccc2)n1C. The van der Waals surface area contributed by atoms with Gasteiger partial charge in [0.15, 0.2) is 11.0 Å². The maximum atomic E-state index is 12.7. The van der Waals surface area contributed by atoms with Crippen LogP contribution in [0.3, 0.4) is 0 Å². The number of hydrogen-bond donors (Lipinski definition) is 0. The molecule has 2 aromatic rings. The van der Waals surface area contributed by atoms with E-state index in [4.69, 9.17) is 4.74 Å². The van der Waals surface area contributed by atoms with Gasteiger partial charge in [0.25, 0.3) is 0 Å². The molecule has 0 spiro atoms. The largest absolute Gasteiger partial charge is 0.464 e. The molecule has 1 atom stereocenters. The average Bonchev–Trinajstić information content (AvgIpc) is 3.07. The summed E-state index contributed by atoms with van der Waals surface area (Å²) < 4.78 is 7.01. The van der Waals surface area contributed by atoms with E-state index in [2.05, 4.69) is 10.2 Å². The molecule has 1 aromatic heterocycles. The van der Waals surface area contributed by atoms with Crippen molar-refractivity contribution >= 4 is 23.6 Å². The van der Waals surface area contributed by atoms with Crippen LogP contribution in [0, 0.1) is 0 Å². The van der Waals surface area contributed by atoms with Crippen LogP contribution in [-0.4, -0.2) is 56.5 Å². The number of piperidine rings is 1. The summed E-state index contributed by atoms with van der Waals surface area (Å²) in [4.78, 5) is 26.5. The zero-order valence-corrected chi connectivity index (χ0v) is 16.4. The number of amides is 1. The third-order valence-corrected chi connectivity index (χ3v) is 5.58. The lowest BCUT2D eigenvalue weighted by Gasteiger charge is -2.33. The van der Waals surface area contributed by atoms with Crippen molar-refractivity contribution < 1.29 is 14.3 Å². The van der Waals surface area contributed by atoms with E-state index in [0.717, 1.165) is 24.2 Å². The van der Waals surface area contributed by atoms with Crippen molar-refractivity contribution in [2.24, 2.45) is 7.05 Å². The van der Waals surface area contributed by atoms with Crippen molar-refractivity contribution in [1.82, 2.24) is 19.7 Å². The Balaban J connectivity index is 1.65. The number of carbonyl (C=O) groups excluding carboxylic acids is 2.